The number of benzene rings is 8. The summed E-state index contributed by atoms with van der Waals surface area (Å²) < 4.78 is 0. The third kappa shape index (κ3) is 4.72. The molecule has 49 heavy (non-hydrogen) atoms. The molecule has 0 fully saturated rings. The lowest BCUT2D eigenvalue weighted by molar-refractivity contribution is 0.414. The van der Waals surface area contributed by atoms with E-state index < -0.39 is 0 Å². The number of rotatable bonds is 8. The van der Waals surface area contributed by atoms with Crippen molar-refractivity contribution in [2.45, 2.75) is 57.8 Å². The molecule has 0 aliphatic heterocycles. The summed E-state index contributed by atoms with van der Waals surface area (Å²) in [5.41, 5.74) is 11.2. The zero-order chi connectivity index (χ0) is 33.0. The molecule has 0 saturated carbocycles. The Bertz CT molecular complexity index is 2240. The van der Waals surface area contributed by atoms with Crippen LogP contribution in [0.15, 0.2) is 146 Å². The Balaban J connectivity index is 1.31. The van der Waals surface area contributed by atoms with E-state index in [1.54, 1.807) is 0 Å². The molecule has 0 aromatic heterocycles. The van der Waals surface area contributed by atoms with Gasteiger partial charge in [-0.15, -0.1) is 0 Å². The first kappa shape index (κ1) is 29.9. The molecule has 238 valence electrons. The standard InChI is InChI=1S/C49H42/c1-3-5-27-49(28-6-4-2)45-31-37(47-39-19-11-7-15-33(39)29-34-16-8-12-20-40(34)47)23-25-43(45)44-26-24-38(32-46(44)49)48-41-21-13-9-17-35(41)30-36-18-10-14-22-42(36)48/h7-26,29-32H,3-6,27-28H2,1-2H3. The minimum Gasteiger partial charge on any atom is -0.0654 e. The van der Waals surface area contributed by atoms with Crippen LogP contribution in [0.3, 0.4) is 0 Å². The fourth-order valence-electron chi connectivity index (χ4n) is 9.08. The van der Waals surface area contributed by atoms with Gasteiger partial charge < -0.3 is 0 Å². The van der Waals surface area contributed by atoms with Gasteiger partial charge in [-0.1, -0.05) is 161 Å². The first-order chi connectivity index (χ1) is 24.2. The van der Waals surface area contributed by atoms with Crippen LogP contribution >= 0.6 is 0 Å². The first-order valence-corrected chi connectivity index (χ1v) is 18.3. The SMILES string of the molecule is CCCCC1(CCCC)c2cc(-c3c4ccccc4cc4ccccc34)ccc2-c2ccc(-c3c4ccccc4cc4ccccc34)cc21. The molecule has 0 saturated heterocycles. The van der Waals surface area contributed by atoms with Crippen molar-refractivity contribution in [3.05, 3.63) is 157 Å². The second kappa shape index (κ2) is 12.0. The molecule has 1 aliphatic rings. The number of hydrogen-bond acceptors (Lipinski definition) is 0. The van der Waals surface area contributed by atoms with Crippen LogP contribution in [-0.2, 0) is 5.41 Å². The van der Waals surface area contributed by atoms with Crippen LogP contribution in [0.2, 0.25) is 0 Å². The second-order valence-electron chi connectivity index (χ2n) is 14.2. The van der Waals surface area contributed by atoms with Gasteiger partial charge in [0.05, 0.1) is 0 Å². The molecule has 0 atom stereocenters. The summed E-state index contributed by atoms with van der Waals surface area (Å²) >= 11 is 0. The van der Waals surface area contributed by atoms with Crippen LogP contribution < -0.4 is 0 Å². The highest BCUT2D eigenvalue weighted by atomic mass is 14.5. The topological polar surface area (TPSA) is 0 Å². The molecule has 0 radical (unpaired) electrons. The summed E-state index contributed by atoms with van der Waals surface area (Å²) in [7, 11) is 0. The summed E-state index contributed by atoms with van der Waals surface area (Å²) in [5.74, 6) is 0. The van der Waals surface area contributed by atoms with E-state index in [1.165, 1.54) is 126 Å². The molecule has 8 aromatic rings. The average Bonchev–Trinajstić information content (AvgIpc) is 3.42. The smallest absolute Gasteiger partial charge is 0.0215 e. The van der Waals surface area contributed by atoms with Gasteiger partial charge in [0.15, 0.2) is 0 Å². The Morgan fingerprint density at radius 1 is 0.388 bits per heavy atom. The van der Waals surface area contributed by atoms with Crippen molar-refractivity contribution in [2.75, 3.05) is 0 Å². The highest BCUT2D eigenvalue weighted by Gasteiger charge is 2.42. The maximum atomic E-state index is 2.60. The fourth-order valence-corrected chi connectivity index (χ4v) is 9.08. The van der Waals surface area contributed by atoms with E-state index in [0.29, 0.717) is 0 Å². The quantitative estimate of drug-likeness (QED) is 0.147. The molecular formula is C49H42. The summed E-state index contributed by atoms with van der Waals surface area (Å²) in [5, 5.41) is 10.5. The van der Waals surface area contributed by atoms with Gasteiger partial charge in [0.1, 0.15) is 0 Å². The predicted molar refractivity (Wildman–Crippen MR) is 213 cm³/mol. The lowest BCUT2D eigenvalue weighted by atomic mass is 9.70. The van der Waals surface area contributed by atoms with Crippen LogP contribution in [0.1, 0.15) is 63.5 Å². The van der Waals surface area contributed by atoms with Crippen molar-refractivity contribution in [1.29, 1.82) is 0 Å². The third-order valence-corrected chi connectivity index (χ3v) is 11.4. The molecule has 1 aliphatic carbocycles. The minimum absolute atomic E-state index is 0.0243. The molecule has 0 N–H and O–H groups in total. The lowest BCUT2D eigenvalue weighted by Gasteiger charge is -2.33. The number of fused-ring (bicyclic) bond motifs is 7. The third-order valence-electron chi connectivity index (χ3n) is 11.4. The largest absolute Gasteiger partial charge is 0.0654 e. The van der Waals surface area contributed by atoms with E-state index >= 15 is 0 Å². The molecule has 9 rings (SSSR count). The monoisotopic (exact) mass is 630 g/mol. The van der Waals surface area contributed by atoms with Crippen LogP contribution in [0.25, 0.3) is 76.5 Å². The first-order valence-electron chi connectivity index (χ1n) is 18.3. The second-order valence-corrected chi connectivity index (χ2v) is 14.2. The van der Waals surface area contributed by atoms with Gasteiger partial charge in [0, 0.05) is 5.41 Å². The van der Waals surface area contributed by atoms with Gasteiger partial charge in [-0.2, -0.15) is 0 Å². The molecule has 0 spiro atoms. The molecule has 0 heterocycles. The molecule has 0 amide bonds. The Morgan fingerprint density at radius 3 is 1.08 bits per heavy atom. The van der Waals surface area contributed by atoms with E-state index in [9.17, 15) is 0 Å². The lowest BCUT2D eigenvalue weighted by Crippen LogP contribution is -2.25. The maximum absolute atomic E-state index is 2.60. The number of unbranched alkanes of at least 4 members (excludes halogenated alkanes) is 2. The molecule has 0 heteroatoms. The summed E-state index contributed by atoms with van der Waals surface area (Å²) in [4.78, 5) is 0. The van der Waals surface area contributed by atoms with Crippen molar-refractivity contribution < 1.29 is 0 Å². The van der Waals surface area contributed by atoms with Crippen molar-refractivity contribution in [3.63, 3.8) is 0 Å². The van der Waals surface area contributed by atoms with Crippen LogP contribution in [0.5, 0.6) is 0 Å². The van der Waals surface area contributed by atoms with E-state index in [-0.39, 0.29) is 5.41 Å². The molecule has 0 bridgehead atoms. The Labute approximate surface area is 290 Å². The highest BCUT2D eigenvalue weighted by molar-refractivity contribution is 6.14. The van der Waals surface area contributed by atoms with Crippen molar-refractivity contribution >= 4 is 43.1 Å². The zero-order valence-corrected chi connectivity index (χ0v) is 28.6. The van der Waals surface area contributed by atoms with Gasteiger partial charge >= 0.3 is 0 Å². The minimum atomic E-state index is -0.0243. The molecule has 8 aromatic carbocycles. The normalized spacial score (nSPS) is 13.3. The van der Waals surface area contributed by atoms with Gasteiger partial charge in [0.25, 0.3) is 0 Å². The number of hydrogen-bond donors (Lipinski definition) is 0. The fraction of sp³-hybridized carbons (Fsp3) is 0.184. The maximum Gasteiger partial charge on any atom is 0.0215 e. The summed E-state index contributed by atoms with van der Waals surface area (Å²) in [6.45, 7) is 4.70. The van der Waals surface area contributed by atoms with Crippen molar-refractivity contribution in [2.24, 2.45) is 0 Å². The molecule has 0 unspecified atom stereocenters. The Kier molecular flexibility index (Phi) is 7.35. The van der Waals surface area contributed by atoms with E-state index in [0.717, 1.165) is 0 Å². The molecular weight excluding hydrogens is 589 g/mol. The highest BCUT2D eigenvalue weighted by Crippen LogP contribution is 2.56. The van der Waals surface area contributed by atoms with Crippen molar-refractivity contribution in [1.82, 2.24) is 0 Å². The Hall–Kier alpha value is -5.20. The van der Waals surface area contributed by atoms with Gasteiger partial charge in [-0.3, -0.25) is 0 Å². The van der Waals surface area contributed by atoms with Crippen molar-refractivity contribution in [3.8, 4) is 33.4 Å². The van der Waals surface area contributed by atoms with E-state index in [4.69, 9.17) is 0 Å². The Morgan fingerprint density at radius 2 is 0.735 bits per heavy atom. The van der Waals surface area contributed by atoms with E-state index in [2.05, 4.69) is 159 Å². The summed E-state index contributed by atoms with van der Waals surface area (Å²) in [6, 6.07) is 55.3. The van der Waals surface area contributed by atoms with Crippen LogP contribution in [0, 0.1) is 0 Å². The van der Waals surface area contributed by atoms with Gasteiger partial charge in [-0.05, 0) is 125 Å². The predicted octanol–water partition coefficient (Wildman–Crippen LogP) is 14.3. The van der Waals surface area contributed by atoms with Crippen LogP contribution in [-0.4, -0.2) is 0 Å². The summed E-state index contributed by atoms with van der Waals surface area (Å²) in [6.07, 6.45) is 7.16. The zero-order valence-electron chi connectivity index (χ0n) is 28.6. The average molecular weight is 631 g/mol. The van der Waals surface area contributed by atoms with Gasteiger partial charge in [-0.25, -0.2) is 0 Å². The van der Waals surface area contributed by atoms with Gasteiger partial charge in [0.2, 0.25) is 0 Å². The van der Waals surface area contributed by atoms with Crippen LogP contribution in [0.4, 0.5) is 0 Å². The molecule has 0 nitrogen and oxygen atoms in total. The van der Waals surface area contributed by atoms with E-state index in [1.807, 2.05) is 0 Å².